The molecule has 3 rings (SSSR count). The topological polar surface area (TPSA) is 101 Å². The predicted octanol–water partition coefficient (Wildman–Crippen LogP) is 3.38. The van der Waals surface area contributed by atoms with Crippen LogP contribution in [-0.4, -0.2) is 35.4 Å². The number of ether oxygens (including phenoxy) is 1. The van der Waals surface area contributed by atoms with Crippen molar-refractivity contribution in [3.05, 3.63) is 71.4 Å². The van der Waals surface area contributed by atoms with E-state index in [0.717, 1.165) is 17.6 Å². The van der Waals surface area contributed by atoms with Gasteiger partial charge in [-0.2, -0.15) is 5.26 Å². The van der Waals surface area contributed by atoms with Crippen molar-refractivity contribution in [3.63, 3.8) is 0 Å². The van der Waals surface area contributed by atoms with E-state index in [2.05, 4.69) is 11.4 Å². The van der Waals surface area contributed by atoms with Crippen LogP contribution in [0.25, 0.3) is 10.9 Å². The molecule has 1 amide bonds. The lowest BCUT2D eigenvalue weighted by Crippen LogP contribution is -2.27. The normalized spacial score (nSPS) is 10.5. The van der Waals surface area contributed by atoms with Crippen molar-refractivity contribution in [3.8, 4) is 6.07 Å². The van der Waals surface area contributed by atoms with Gasteiger partial charge in [0.1, 0.15) is 11.6 Å². The minimum atomic E-state index is -1.01. The molecule has 0 aliphatic heterocycles. The van der Waals surface area contributed by atoms with Gasteiger partial charge in [-0.15, -0.1) is 0 Å². The Balaban J connectivity index is 1.52. The van der Waals surface area contributed by atoms with Gasteiger partial charge in [-0.05, 0) is 18.2 Å². The Morgan fingerprint density at radius 1 is 1.09 bits per heavy atom. The highest BCUT2D eigenvalue weighted by Crippen LogP contribution is 2.22. The molecule has 7 nitrogen and oxygen atoms in total. The first-order chi connectivity index (χ1) is 15.4. The van der Waals surface area contributed by atoms with E-state index in [9.17, 15) is 23.2 Å². The van der Waals surface area contributed by atoms with E-state index in [1.54, 1.807) is 22.9 Å². The van der Waals surface area contributed by atoms with Crippen molar-refractivity contribution in [2.45, 2.75) is 19.4 Å². The van der Waals surface area contributed by atoms with Crippen molar-refractivity contribution in [2.75, 3.05) is 13.2 Å². The quantitative estimate of drug-likeness (QED) is 0.407. The highest BCUT2D eigenvalue weighted by Gasteiger charge is 2.17. The lowest BCUT2D eigenvalue weighted by molar-refractivity contribution is -0.142. The van der Waals surface area contributed by atoms with Crippen LogP contribution in [-0.2, 0) is 16.1 Å². The number of carbonyl (C=O) groups excluding carboxylic acids is 3. The Morgan fingerprint density at radius 2 is 1.88 bits per heavy atom. The zero-order chi connectivity index (χ0) is 23.1. The van der Waals surface area contributed by atoms with E-state index in [4.69, 9.17) is 10.00 Å². The molecule has 0 atom stereocenters. The Kier molecular flexibility index (Phi) is 7.29. The fourth-order valence-corrected chi connectivity index (χ4v) is 3.17. The molecule has 0 fully saturated rings. The van der Waals surface area contributed by atoms with Crippen LogP contribution >= 0.6 is 0 Å². The van der Waals surface area contributed by atoms with Crippen LogP contribution in [0.5, 0.6) is 0 Å². The van der Waals surface area contributed by atoms with E-state index in [-0.39, 0.29) is 24.9 Å². The van der Waals surface area contributed by atoms with Gasteiger partial charge >= 0.3 is 5.97 Å². The molecule has 9 heteroatoms. The monoisotopic (exact) mass is 439 g/mol. The van der Waals surface area contributed by atoms with Crippen LogP contribution in [0.15, 0.2) is 48.7 Å². The number of Topliss-reactive ketones (excluding diaryl/α,β-unsaturated/α-hetero) is 1. The molecule has 0 radical (unpaired) electrons. The van der Waals surface area contributed by atoms with Gasteiger partial charge in [-0.25, -0.2) is 8.78 Å². The summed E-state index contributed by atoms with van der Waals surface area (Å²) in [6.45, 7) is -0.194. The van der Waals surface area contributed by atoms with Crippen LogP contribution in [0.4, 0.5) is 8.78 Å². The molecule has 1 aromatic heterocycles. The van der Waals surface area contributed by atoms with Gasteiger partial charge in [-0.3, -0.25) is 14.4 Å². The molecule has 1 heterocycles. The Bertz CT molecular complexity index is 1210. The Morgan fingerprint density at radius 3 is 2.62 bits per heavy atom. The smallest absolute Gasteiger partial charge is 0.308 e. The van der Waals surface area contributed by atoms with Crippen molar-refractivity contribution in [1.82, 2.24) is 9.88 Å². The summed E-state index contributed by atoms with van der Waals surface area (Å²) in [7, 11) is 0. The molecular weight excluding hydrogens is 420 g/mol. The summed E-state index contributed by atoms with van der Waals surface area (Å²) in [6, 6.07) is 11.8. The van der Waals surface area contributed by atoms with E-state index in [1.165, 1.54) is 0 Å². The molecule has 0 spiro atoms. The fraction of sp³-hybridized carbons (Fsp3) is 0.217. The Hall–Kier alpha value is -4.06. The second-order valence-corrected chi connectivity index (χ2v) is 6.88. The third kappa shape index (κ3) is 5.35. The van der Waals surface area contributed by atoms with Gasteiger partial charge in [0.2, 0.25) is 5.78 Å². The number of rotatable bonds is 9. The molecule has 0 bridgehead atoms. The van der Waals surface area contributed by atoms with Crippen molar-refractivity contribution >= 4 is 28.6 Å². The molecule has 3 aromatic rings. The number of nitriles is 1. The number of amides is 1. The summed E-state index contributed by atoms with van der Waals surface area (Å²) in [4.78, 5) is 36.4. The molecule has 0 unspecified atom stereocenters. The number of halogens is 2. The molecule has 0 aliphatic carbocycles. The van der Waals surface area contributed by atoms with Gasteiger partial charge in [-0.1, -0.05) is 18.2 Å². The number of esters is 1. The standard InChI is InChI=1S/C23H19F2N3O4/c24-15-6-7-17(19(25)12-15)23(31)27-10-8-22(30)32-14-21(29)18-13-28(11-3-9-26)20-5-2-1-4-16(18)20/h1-2,4-7,12-13H,3,8,10-11,14H2,(H,27,31). The largest absolute Gasteiger partial charge is 0.457 e. The number of fused-ring (bicyclic) bond motifs is 1. The summed E-state index contributed by atoms with van der Waals surface area (Å²) in [5, 5.41) is 11.8. The first-order valence-electron chi connectivity index (χ1n) is 9.77. The minimum Gasteiger partial charge on any atom is -0.457 e. The molecule has 0 saturated carbocycles. The number of ketones is 1. The van der Waals surface area contributed by atoms with E-state index >= 15 is 0 Å². The van der Waals surface area contributed by atoms with E-state index < -0.39 is 35.9 Å². The summed E-state index contributed by atoms with van der Waals surface area (Å²) >= 11 is 0. The average Bonchev–Trinajstić information content (AvgIpc) is 3.14. The molecule has 164 valence electrons. The molecule has 32 heavy (non-hydrogen) atoms. The average molecular weight is 439 g/mol. The van der Waals surface area contributed by atoms with E-state index in [1.807, 2.05) is 12.1 Å². The van der Waals surface area contributed by atoms with Crippen molar-refractivity contribution in [2.24, 2.45) is 0 Å². The molecule has 0 saturated heterocycles. The van der Waals surface area contributed by atoms with Crippen molar-refractivity contribution in [1.29, 1.82) is 5.26 Å². The van der Waals surface area contributed by atoms with Gasteiger partial charge in [0, 0.05) is 41.8 Å². The highest BCUT2D eigenvalue weighted by molar-refractivity contribution is 6.09. The van der Waals surface area contributed by atoms with Crippen LogP contribution in [0.3, 0.4) is 0 Å². The molecule has 2 aromatic carbocycles. The maximum atomic E-state index is 13.6. The van der Waals surface area contributed by atoms with Gasteiger partial charge in [0.15, 0.2) is 6.61 Å². The number of para-hydroxylation sites is 1. The lowest BCUT2D eigenvalue weighted by Gasteiger charge is -2.07. The summed E-state index contributed by atoms with van der Waals surface area (Å²) in [5.74, 6) is -3.73. The summed E-state index contributed by atoms with van der Waals surface area (Å²) in [6.07, 6.45) is 1.69. The van der Waals surface area contributed by atoms with Gasteiger partial charge < -0.3 is 14.6 Å². The van der Waals surface area contributed by atoms with Crippen LogP contribution in [0.2, 0.25) is 0 Å². The van der Waals surface area contributed by atoms with Crippen molar-refractivity contribution < 1.29 is 27.9 Å². The first kappa shape index (κ1) is 22.6. The number of aryl methyl sites for hydroxylation is 1. The zero-order valence-corrected chi connectivity index (χ0v) is 16.9. The SMILES string of the molecule is N#CCCn1cc(C(=O)COC(=O)CCNC(=O)c2ccc(F)cc2F)c2ccccc21. The number of benzene rings is 2. The van der Waals surface area contributed by atoms with Crippen LogP contribution < -0.4 is 5.32 Å². The van der Waals surface area contributed by atoms with Crippen LogP contribution in [0, 0.1) is 23.0 Å². The second kappa shape index (κ2) is 10.3. The Labute approximate surface area is 182 Å². The number of aromatic nitrogens is 1. The molecule has 0 aliphatic rings. The minimum absolute atomic E-state index is 0.143. The van der Waals surface area contributed by atoms with Gasteiger partial charge in [0.05, 0.1) is 24.5 Å². The second-order valence-electron chi connectivity index (χ2n) is 6.88. The third-order valence-corrected chi connectivity index (χ3v) is 4.71. The maximum absolute atomic E-state index is 13.6. The number of carbonyl (C=O) groups is 3. The summed E-state index contributed by atoms with van der Waals surface area (Å²) in [5.41, 5.74) is 0.835. The number of hydrogen-bond acceptors (Lipinski definition) is 5. The summed E-state index contributed by atoms with van der Waals surface area (Å²) < 4.78 is 33.3. The molecular formula is C23H19F2N3O4. The lowest BCUT2D eigenvalue weighted by atomic mass is 10.1. The predicted molar refractivity (Wildman–Crippen MR) is 111 cm³/mol. The highest BCUT2D eigenvalue weighted by atomic mass is 19.1. The third-order valence-electron chi connectivity index (χ3n) is 4.71. The number of nitrogens with one attached hydrogen (secondary N) is 1. The number of nitrogens with zero attached hydrogens (tertiary/aromatic N) is 2. The first-order valence-corrected chi connectivity index (χ1v) is 9.77. The van der Waals surface area contributed by atoms with E-state index in [0.29, 0.717) is 23.6 Å². The number of hydrogen-bond donors (Lipinski definition) is 1. The van der Waals surface area contributed by atoms with Gasteiger partial charge in [0.25, 0.3) is 5.91 Å². The molecule has 1 N–H and O–H groups in total. The van der Waals surface area contributed by atoms with Crippen LogP contribution in [0.1, 0.15) is 33.6 Å². The zero-order valence-electron chi connectivity index (χ0n) is 16.9. The maximum Gasteiger partial charge on any atom is 0.308 e. The fourth-order valence-electron chi connectivity index (χ4n) is 3.17.